The number of rotatable bonds is 3. The molecule has 0 aliphatic heterocycles. The lowest BCUT2D eigenvalue weighted by molar-refractivity contribution is 0.898. The molecule has 5 aromatic rings. The van der Waals surface area contributed by atoms with Crippen molar-refractivity contribution in [3.05, 3.63) is 108 Å². The highest BCUT2D eigenvalue weighted by Crippen LogP contribution is 2.17. The van der Waals surface area contributed by atoms with Gasteiger partial charge in [-0.05, 0) is 12.1 Å². The molecule has 0 atom stereocenters. The predicted molar refractivity (Wildman–Crippen MR) is 116 cm³/mol. The van der Waals surface area contributed by atoms with Crippen molar-refractivity contribution in [2.45, 2.75) is 0 Å². The summed E-state index contributed by atoms with van der Waals surface area (Å²) in [5, 5.41) is 4.76. The molecule has 0 aliphatic rings. The molecule has 5 rings (SSSR count). The van der Waals surface area contributed by atoms with E-state index in [0.717, 1.165) is 22.2 Å². The van der Waals surface area contributed by atoms with Gasteiger partial charge in [-0.2, -0.15) is 0 Å². The van der Waals surface area contributed by atoms with Gasteiger partial charge in [0.05, 0.1) is 11.0 Å². The van der Waals surface area contributed by atoms with Crippen molar-refractivity contribution in [3.8, 4) is 0 Å². The number of hydrogen-bond donors (Lipinski definition) is 1. The van der Waals surface area contributed by atoms with Gasteiger partial charge in [-0.1, -0.05) is 72.8 Å². The number of aliphatic imine (C=N–C) groups is 1. The average molecular weight is 378 g/mol. The van der Waals surface area contributed by atoms with Crippen LogP contribution in [0.3, 0.4) is 0 Å². The lowest BCUT2D eigenvalue weighted by atomic mass is 10.2. The molecule has 6 nitrogen and oxygen atoms in total. The van der Waals surface area contributed by atoms with E-state index in [2.05, 4.69) is 4.99 Å². The summed E-state index contributed by atoms with van der Waals surface area (Å²) in [6.45, 7) is 0. The molecular weight excluding hydrogens is 360 g/mol. The van der Waals surface area contributed by atoms with Crippen LogP contribution < -0.4 is 5.73 Å². The van der Waals surface area contributed by atoms with Crippen molar-refractivity contribution in [1.29, 1.82) is 0 Å². The highest BCUT2D eigenvalue weighted by molar-refractivity contribution is 6.10. The van der Waals surface area contributed by atoms with Crippen LogP contribution in [-0.4, -0.2) is 25.7 Å². The molecule has 3 aromatic carbocycles. The zero-order chi connectivity index (χ0) is 19.6. The first-order valence-corrected chi connectivity index (χ1v) is 9.28. The number of nitrogens with two attached hydrogens (primary N) is 1. The van der Waals surface area contributed by atoms with Crippen molar-refractivity contribution in [2.75, 3.05) is 0 Å². The van der Waals surface area contributed by atoms with Gasteiger partial charge in [-0.25, -0.2) is 14.7 Å². The largest absolute Gasteiger partial charge is 0.383 e. The minimum absolute atomic E-state index is 0.407. The molecule has 0 fully saturated rings. The first kappa shape index (κ1) is 16.9. The number of nitrogens with zero attached hydrogens (tertiary/aromatic N) is 5. The molecule has 2 N–H and O–H groups in total. The van der Waals surface area contributed by atoms with Crippen molar-refractivity contribution in [1.82, 2.24) is 14.1 Å². The summed E-state index contributed by atoms with van der Waals surface area (Å²) in [5.41, 5.74) is 9.94. The molecule has 0 bridgehead atoms. The molecule has 0 spiro atoms. The predicted octanol–water partition coefficient (Wildman–Crippen LogP) is 3.90. The van der Waals surface area contributed by atoms with Gasteiger partial charge in [-0.15, -0.1) is 5.10 Å². The summed E-state index contributed by atoms with van der Waals surface area (Å²) < 4.78 is 3.73. The fourth-order valence-corrected chi connectivity index (χ4v) is 3.24. The Morgan fingerprint density at radius 2 is 1.41 bits per heavy atom. The molecule has 6 heteroatoms. The van der Waals surface area contributed by atoms with Crippen LogP contribution in [0.5, 0.6) is 0 Å². The van der Waals surface area contributed by atoms with Crippen LogP contribution >= 0.6 is 0 Å². The molecule has 0 amide bonds. The van der Waals surface area contributed by atoms with Gasteiger partial charge in [0.2, 0.25) is 5.78 Å². The second-order valence-electron chi connectivity index (χ2n) is 6.57. The third-order valence-electron chi connectivity index (χ3n) is 4.67. The molecule has 2 aromatic heterocycles. The van der Waals surface area contributed by atoms with Crippen LogP contribution in [0.1, 0.15) is 11.1 Å². The molecule has 140 valence electrons. The van der Waals surface area contributed by atoms with E-state index in [9.17, 15) is 0 Å². The van der Waals surface area contributed by atoms with Gasteiger partial charge >= 0.3 is 0 Å². The fraction of sp³-hybridized carbons (Fsp3) is 0. The Balaban J connectivity index is 1.67. The third-order valence-corrected chi connectivity index (χ3v) is 4.67. The molecule has 0 aliphatic carbocycles. The topological polar surface area (TPSA) is 73.0 Å². The number of fused-ring (bicyclic) bond motifs is 3. The second-order valence-corrected chi connectivity index (χ2v) is 6.57. The van der Waals surface area contributed by atoms with E-state index in [1.165, 1.54) is 0 Å². The van der Waals surface area contributed by atoms with E-state index in [4.69, 9.17) is 15.8 Å². The number of amidine groups is 2. The molecule has 0 unspecified atom stereocenters. The number of para-hydroxylation sites is 2. The van der Waals surface area contributed by atoms with E-state index in [-0.39, 0.29) is 0 Å². The maximum Gasteiger partial charge on any atom is 0.236 e. The van der Waals surface area contributed by atoms with Gasteiger partial charge in [0.1, 0.15) is 5.84 Å². The standard InChI is InChI=1S/C23H18N6/c24-21(17-9-3-1-4-10-17)26-22(18-11-5-2-6-12-18)27-29-16-15-28-20-14-8-7-13-19(20)25-23(28)29/h1-16H,(H2,24,26,27). The molecular formula is C23H18N6. The summed E-state index contributed by atoms with van der Waals surface area (Å²) >= 11 is 0. The smallest absolute Gasteiger partial charge is 0.236 e. The number of aromatic nitrogens is 3. The van der Waals surface area contributed by atoms with Crippen molar-refractivity contribution >= 4 is 28.5 Å². The van der Waals surface area contributed by atoms with Gasteiger partial charge in [-0.3, -0.25) is 4.40 Å². The zero-order valence-electron chi connectivity index (χ0n) is 15.6. The minimum atomic E-state index is 0.407. The van der Waals surface area contributed by atoms with Gasteiger partial charge in [0.15, 0.2) is 5.84 Å². The Hall–Kier alpha value is -4.19. The van der Waals surface area contributed by atoms with E-state index < -0.39 is 0 Å². The Labute approximate surface area is 167 Å². The van der Waals surface area contributed by atoms with Crippen LogP contribution in [0.2, 0.25) is 0 Å². The highest BCUT2D eigenvalue weighted by atomic mass is 15.4. The third kappa shape index (κ3) is 3.17. The normalized spacial score (nSPS) is 12.7. The summed E-state index contributed by atoms with van der Waals surface area (Å²) in [6.07, 6.45) is 3.81. The highest BCUT2D eigenvalue weighted by Gasteiger charge is 2.10. The van der Waals surface area contributed by atoms with E-state index >= 15 is 0 Å². The summed E-state index contributed by atoms with van der Waals surface area (Å²) in [7, 11) is 0. The first-order chi connectivity index (χ1) is 14.3. The molecule has 29 heavy (non-hydrogen) atoms. The molecule has 0 radical (unpaired) electrons. The van der Waals surface area contributed by atoms with E-state index in [1.54, 1.807) is 4.68 Å². The quantitative estimate of drug-likeness (QED) is 0.382. The van der Waals surface area contributed by atoms with Crippen LogP contribution in [0, 0.1) is 0 Å². The van der Waals surface area contributed by atoms with Crippen LogP contribution in [-0.2, 0) is 0 Å². The van der Waals surface area contributed by atoms with Crippen LogP contribution in [0.25, 0.3) is 16.8 Å². The molecule has 0 saturated heterocycles. The van der Waals surface area contributed by atoms with Crippen molar-refractivity contribution in [3.63, 3.8) is 0 Å². The van der Waals surface area contributed by atoms with Gasteiger partial charge in [0.25, 0.3) is 0 Å². The maximum atomic E-state index is 6.28. The lowest BCUT2D eigenvalue weighted by Crippen LogP contribution is -2.16. The van der Waals surface area contributed by atoms with Gasteiger partial charge in [0, 0.05) is 23.5 Å². The van der Waals surface area contributed by atoms with Gasteiger partial charge < -0.3 is 5.73 Å². The summed E-state index contributed by atoms with van der Waals surface area (Å²) in [6, 6.07) is 27.4. The monoisotopic (exact) mass is 378 g/mol. The van der Waals surface area contributed by atoms with E-state index in [0.29, 0.717) is 17.4 Å². The van der Waals surface area contributed by atoms with Crippen LogP contribution in [0.15, 0.2) is 107 Å². The number of imidazole rings is 2. The Morgan fingerprint density at radius 3 is 2.17 bits per heavy atom. The maximum absolute atomic E-state index is 6.28. The summed E-state index contributed by atoms with van der Waals surface area (Å²) in [4.78, 5) is 9.34. The minimum Gasteiger partial charge on any atom is -0.383 e. The Kier molecular flexibility index (Phi) is 4.14. The zero-order valence-corrected chi connectivity index (χ0v) is 15.6. The number of benzene rings is 3. The molecule has 0 saturated carbocycles. The fourth-order valence-electron chi connectivity index (χ4n) is 3.24. The van der Waals surface area contributed by atoms with Crippen LogP contribution in [0.4, 0.5) is 0 Å². The number of hydrogen-bond acceptors (Lipinski definition) is 2. The Bertz CT molecular complexity index is 1340. The first-order valence-electron chi connectivity index (χ1n) is 9.28. The molecule has 2 heterocycles. The van der Waals surface area contributed by atoms with Crippen molar-refractivity contribution in [2.24, 2.45) is 15.8 Å². The Morgan fingerprint density at radius 1 is 0.759 bits per heavy atom. The second kappa shape index (κ2) is 7.09. The lowest BCUT2D eigenvalue weighted by Gasteiger charge is -2.05. The van der Waals surface area contributed by atoms with Crippen molar-refractivity contribution < 1.29 is 0 Å². The SMILES string of the molecule is NC(=NC(=Nn1ccn2c3ccccc3nc12)c1ccccc1)c1ccccc1. The average Bonchev–Trinajstić information content (AvgIpc) is 3.34. The van der Waals surface area contributed by atoms with E-state index in [1.807, 2.05) is 102 Å². The summed E-state index contributed by atoms with van der Waals surface area (Å²) in [5.74, 6) is 1.63.